The second kappa shape index (κ2) is 15.1. The number of halogens is 2. The molecule has 2 amide bonds. The van der Waals surface area contributed by atoms with Crippen molar-refractivity contribution in [3.8, 4) is 5.75 Å². The molecule has 11 heteroatoms. The van der Waals surface area contributed by atoms with Crippen molar-refractivity contribution in [1.29, 1.82) is 0 Å². The molecule has 0 saturated heterocycles. The Morgan fingerprint density at radius 3 is 1.98 bits per heavy atom. The van der Waals surface area contributed by atoms with Gasteiger partial charge in [-0.25, -0.2) is 8.42 Å². The lowest BCUT2D eigenvalue weighted by atomic mass is 10.0. The molecular weight excluding hydrogens is 621 g/mol. The van der Waals surface area contributed by atoms with Crippen LogP contribution >= 0.6 is 23.2 Å². The number of benzene rings is 4. The van der Waals surface area contributed by atoms with Gasteiger partial charge in [0, 0.05) is 30.1 Å². The Hall–Kier alpha value is -4.05. The lowest BCUT2D eigenvalue weighted by Gasteiger charge is -2.33. The second-order valence-electron chi connectivity index (χ2n) is 9.86. The van der Waals surface area contributed by atoms with Crippen LogP contribution in [0.15, 0.2) is 108 Å². The van der Waals surface area contributed by atoms with Gasteiger partial charge in [0.05, 0.1) is 17.2 Å². The molecule has 1 atom stereocenters. The van der Waals surface area contributed by atoms with E-state index >= 15 is 0 Å². The van der Waals surface area contributed by atoms with Gasteiger partial charge in [0.15, 0.2) is 0 Å². The zero-order valence-corrected chi connectivity index (χ0v) is 26.6. The molecule has 0 aromatic heterocycles. The van der Waals surface area contributed by atoms with Crippen LogP contribution in [0.1, 0.15) is 18.1 Å². The predicted molar refractivity (Wildman–Crippen MR) is 174 cm³/mol. The van der Waals surface area contributed by atoms with Gasteiger partial charge >= 0.3 is 0 Å². The fraction of sp³-hybridized carbons (Fsp3) is 0.212. The van der Waals surface area contributed by atoms with Crippen LogP contribution in [0.4, 0.5) is 5.69 Å². The molecule has 0 saturated carbocycles. The van der Waals surface area contributed by atoms with Crippen LogP contribution in [0.5, 0.6) is 5.75 Å². The van der Waals surface area contributed by atoms with E-state index in [1.165, 1.54) is 36.2 Å². The van der Waals surface area contributed by atoms with Crippen LogP contribution in [-0.2, 0) is 32.6 Å². The summed E-state index contributed by atoms with van der Waals surface area (Å²) in [5.41, 5.74) is 1.81. The monoisotopic (exact) mass is 653 g/mol. The molecule has 44 heavy (non-hydrogen) atoms. The van der Waals surface area contributed by atoms with E-state index in [2.05, 4.69) is 5.32 Å². The molecule has 230 valence electrons. The van der Waals surface area contributed by atoms with Crippen LogP contribution in [0.2, 0.25) is 10.0 Å². The highest BCUT2D eigenvalue weighted by Gasteiger charge is 2.34. The number of rotatable bonds is 13. The summed E-state index contributed by atoms with van der Waals surface area (Å²) >= 11 is 12.1. The zero-order valence-electron chi connectivity index (χ0n) is 24.3. The maximum Gasteiger partial charge on any atom is 0.264 e. The van der Waals surface area contributed by atoms with Crippen LogP contribution in [-0.4, -0.2) is 51.4 Å². The SMILES string of the molecule is CCOc1ccc(N(CC(=O)N(Cc2ccc(Cl)cc2)C(Cc2ccccc2)C(=O)NC)S(=O)(=O)c2ccc(Cl)cc2)cc1. The van der Waals surface area contributed by atoms with Gasteiger partial charge in [0.2, 0.25) is 11.8 Å². The average molecular weight is 655 g/mol. The molecule has 0 heterocycles. The molecule has 1 N–H and O–H groups in total. The van der Waals surface area contributed by atoms with E-state index in [1.807, 2.05) is 37.3 Å². The van der Waals surface area contributed by atoms with Gasteiger partial charge in [-0.2, -0.15) is 0 Å². The molecular formula is C33H33Cl2N3O5S. The van der Waals surface area contributed by atoms with E-state index in [0.717, 1.165) is 15.4 Å². The second-order valence-corrected chi connectivity index (χ2v) is 12.6. The van der Waals surface area contributed by atoms with Crippen molar-refractivity contribution in [2.45, 2.75) is 30.8 Å². The molecule has 0 aliphatic carbocycles. The molecule has 0 fully saturated rings. The molecule has 1 unspecified atom stereocenters. The number of nitrogens with one attached hydrogen (secondary N) is 1. The number of sulfonamides is 1. The summed E-state index contributed by atoms with van der Waals surface area (Å²) in [4.78, 5) is 29.0. The Kier molecular flexibility index (Phi) is 11.3. The van der Waals surface area contributed by atoms with E-state index in [0.29, 0.717) is 22.4 Å². The third-order valence-corrected chi connectivity index (χ3v) is 9.19. The molecule has 0 radical (unpaired) electrons. The number of carbonyl (C=O) groups excluding carboxylic acids is 2. The van der Waals surface area contributed by atoms with Gasteiger partial charge in [-0.3, -0.25) is 13.9 Å². The van der Waals surface area contributed by atoms with Crippen molar-refractivity contribution in [2.75, 3.05) is 24.5 Å². The number of anilines is 1. The van der Waals surface area contributed by atoms with Crippen molar-refractivity contribution >= 4 is 50.7 Å². The minimum absolute atomic E-state index is 0.0407. The van der Waals surface area contributed by atoms with Crippen molar-refractivity contribution in [1.82, 2.24) is 10.2 Å². The largest absolute Gasteiger partial charge is 0.494 e. The molecule has 4 aromatic carbocycles. The number of nitrogens with zero attached hydrogens (tertiary/aromatic N) is 2. The fourth-order valence-corrected chi connectivity index (χ4v) is 6.31. The highest BCUT2D eigenvalue weighted by molar-refractivity contribution is 7.92. The molecule has 0 bridgehead atoms. The minimum atomic E-state index is -4.25. The number of carbonyl (C=O) groups is 2. The third-order valence-electron chi connectivity index (χ3n) is 6.90. The maximum absolute atomic E-state index is 14.3. The first-order valence-electron chi connectivity index (χ1n) is 13.9. The minimum Gasteiger partial charge on any atom is -0.494 e. The van der Waals surface area contributed by atoms with E-state index < -0.39 is 28.5 Å². The third kappa shape index (κ3) is 8.31. The highest BCUT2D eigenvalue weighted by Crippen LogP contribution is 2.28. The number of ether oxygens (including phenoxy) is 1. The normalized spacial score (nSPS) is 11.8. The lowest BCUT2D eigenvalue weighted by Crippen LogP contribution is -2.53. The van der Waals surface area contributed by atoms with Crippen molar-refractivity contribution in [3.05, 3.63) is 124 Å². The Labute approximate surface area is 268 Å². The number of hydrogen-bond acceptors (Lipinski definition) is 5. The highest BCUT2D eigenvalue weighted by atomic mass is 35.5. The van der Waals surface area contributed by atoms with Gasteiger partial charge in [0.25, 0.3) is 10.0 Å². The summed E-state index contributed by atoms with van der Waals surface area (Å²) in [7, 11) is -2.74. The Morgan fingerprint density at radius 1 is 0.818 bits per heavy atom. The zero-order chi connectivity index (χ0) is 31.7. The summed E-state index contributed by atoms with van der Waals surface area (Å²) in [6, 6.07) is 27.5. The fourth-order valence-electron chi connectivity index (χ4n) is 4.64. The first-order chi connectivity index (χ1) is 21.1. The van der Waals surface area contributed by atoms with E-state index in [1.54, 1.807) is 48.5 Å². The van der Waals surface area contributed by atoms with Gasteiger partial charge < -0.3 is 15.0 Å². The van der Waals surface area contributed by atoms with Gasteiger partial charge in [-0.05, 0) is 78.7 Å². The smallest absolute Gasteiger partial charge is 0.264 e. The summed E-state index contributed by atoms with van der Waals surface area (Å²) < 4.78 is 34.7. The summed E-state index contributed by atoms with van der Waals surface area (Å²) in [5, 5.41) is 3.56. The number of hydrogen-bond donors (Lipinski definition) is 1. The van der Waals surface area contributed by atoms with Crippen LogP contribution in [0, 0.1) is 0 Å². The first-order valence-corrected chi connectivity index (χ1v) is 16.1. The Balaban J connectivity index is 1.78. The van der Waals surface area contributed by atoms with E-state index in [4.69, 9.17) is 27.9 Å². The summed E-state index contributed by atoms with van der Waals surface area (Å²) in [5.74, 6) is -0.404. The summed E-state index contributed by atoms with van der Waals surface area (Å²) in [6.45, 7) is 1.75. The standard InChI is InChI=1S/C33H33Cl2N3O5S/c1-3-43-29-17-15-28(16-18-29)38(44(41,42)30-19-13-27(35)14-20-30)23-32(39)37(22-25-9-11-26(34)12-10-25)31(33(40)36-2)21-24-7-5-4-6-8-24/h4-20,31H,3,21-23H2,1-2H3,(H,36,40). The van der Waals surface area contributed by atoms with Crippen LogP contribution in [0.25, 0.3) is 0 Å². The topological polar surface area (TPSA) is 96.0 Å². The van der Waals surface area contributed by atoms with E-state index in [9.17, 15) is 18.0 Å². The van der Waals surface area contributed by atoms with Crippen molar-refractivity contribution in [3.63, 3.8) is 0 Å². The van der Waals surface area contributed by atoms with Gasteiger partial charge in [-0.1, -0.05) is 65.7 Å². The predicted octanol–water partition coefficient (Wildman–Crippen LogP) is 5.97. The van der Waals surface area contributed by atoms with Crippen LogP contribution < -0.4 is 14.4 Å². The molecule has 8 nitrogen and oxygen atoms in total. The molecule has 4 aromatic rings. The van der Waals surface area contributed by atoms with Gasteiger partial charge in [-0.15, -0.1) is 0 Å². The molecule has 0 aliphatic heterocycles. The average Bonchev–Trinajstić information content (AvgIpc) is 3.03. The van der Waals surface area contributed by atoms with Crippen molar-refractivity contribution < 1.29 is 22.7 Å². The Morgan fingerprint density at radius 2 is 1.41 bits per heavy atom. The quantitative estimate of drug-likeness (QED) is 0.192. The molecule has 4 rings (SSSR count). The summed E-state index contributed by atoms with van der Waals surface area (Å²) in [6.07, 6.45) is 0.215. The molecule has 0 aliphatic rings. The Bertz CT molecular complexity index is 1650. The van der Waals surface area contributed by atoms with Crippen LogP contribution in [0.3, 0.4) is 0 Å². The first kappa shape index (κ1) is 32.9. The van der Waals surface area contributed by atoms with Gasteiger partial charge in [0.1, 0.15) is 18.3 Å². The van der Waals surface area contributed by atoms with E-state index in [-0.39, 0.29) is 29.5 Å². The number of amides is 2. The van der Waals surface area contributed by atoms with Crippen molar-refractivity contribution in [2.24, 2.45) is 0 Å². The lowest BCUT2D eigenvalue weighted by molar-refractivity contribution is -0.139. The molecule has 0 spiro atoms. The maximum atomic E-state index is 14.3. The number of likely N-dealkylation sites (N-methyl/N-ethyl adjacent to an activating group) is 1.